The Morgan fingerprint density at radius 3 is 2.43 bits per heavy atom. The molecule has 3 rings (SSSR count). The van der Waals surface area contributed by atoms with E-state index >= 15 is 0 Å². The van der Waals surface area contributed by atoms with Gasteiger partial charge in [-0.25, -0.2) is 4.39 Å². The molecule has 1 saturated carbocycles. The van der Waals surface area contributed by atoms with Crippen LogP contribution < -0.4 is 10.1 Å². The van der Waals surface area contributed by atoms with Crippen LogP contribution in [0, 0.1) is 5.82 Å². The summed E-state index contributed by atoms with van der Waals surface area (Å²) in [7, 11) is 0. The fraction of sp³-hybridized carbons (Fsp3) is 0.250. The number of ether oxygens (including phenoxy) is 1. The van der Waals surface area contributed by atoms with Crippen molar-refractivity contribution in [3.8, 4) is 11.5 Å². The maximum Gasteiger partial charge on any atom is 0.166 e. The highest BCUT2D eigenvalue weighted by atomic mass is 35.5. The van der Waals surface area contributed by atoms with Crippen molar-refractivity contribution in [1.82, 2.24) is 5.32 Å². The second-order valence-electron chi connectivity index (χ2n) is 5.13. The predicted octanol–water partition coefficient (Wildman–Crippen LogP) is 5.18. The second-order valence-corrected chi connectivity index (χ2v) is 6.00. The van der Waals surface area contributed by atoms with Crippen molar-refractivity contribution in [3.63, 3.8) is 0 Å². The summed E-state index contributed by atoms with van der Waals surface area (Å²) >= 11 is 11.8. The topological polar surface area (TPSA) is 21.3 Å². The standard InChI is InChI=1S/C16H14Cl2FNO/c17-11-6-12(18)8-14(7-11)21-16-4-1-10(5-15(16)19)9-20-13-2-3-13/h1,4-8,13,20H,2-3,9H2. The van der Waals surface area contributed by atoms with Gasteiger partial charge in [0, 0.05) is 22.6 Å². The summed E-state index contributed by atoms with van der Waals surface area (Å²) in [5.41, 5.74) is 0.899. The molecular formula is C16H14Cl2FNO. The van der Waals surface area contributed by atoms with Crippen LogP contribution in [0.15, 0.2) is 36.4 Å². The van der Waals surface area contributed by atoms with Gasteiger partial charge in [0.15, 0.2) is 11.6 Å². The van der Waals surface area contributed by atoms with Crippen LogP contribution in [0.3, 0.4) is 0 Å². The quantitative estimate of drug-likeness (QED) is 0.818. The maximum atomic E-state index is 14.1. The Bertz CT molecular complexity index is 638. The Labute approximate surface area is 132 Å². The summed E-state index contributed by atoms with van der Waals surface area (Å²) in [6, 6.07) is 10.3. The largest absolute Gasteiger partial charge is 0.454 e. The van der Waals surface area contributed by atoms with E-state index in [2.05, 4.69) is 5.32 Å². The van der Waals surface area contributed by atoms with Crippen molar-refractivity contribution in [2.75, 3.05) is 0 Å². The van der Waals surface area contributed by atoms with Crippen molar-refractivity contribution in [3.05, 3.63) is 57.8 Å². The molecule has 0 aromatic heterocycles. The Morgan fingerprint density at radius 2 is 1.81 bits per heavy atom. The van der Waals surface area contributed by atoms with Gasteiger partial charge in [-0.1, -0.05) is 29.3 Å². The average molecular weight is 326 g/mol. The zero-order valence-corrected chi connectivity index (χ0v) is 12.7. The van der Waals surface area contributed by atoms with E-state index in [0.29, 0.717) is 28.4 Å². The summed E-state index contributed by atoms with van der Waals surface area (Å²) in [6.45, 7) is 0.671. The van der Waals surface area contributed by atoms with Gasteiger partial charge in [-0.05, 0) is 48.7 Å². The molecule has 1 fully saturated rings. The molecule has 2 nitrogen and oxygen atoms in total. The molecule has 1 N–H and O–H groups in total. The third-order valence-corrected chi connectivity index (χ3v) is 3.67. The van der Waals surface area contributed by atoms with Crippen LogP contribution in [0.4, 0.5) is 4.39 Å². The molecule has 0 unspecified atom stereocenters. The summed E-state index contributed by atoms with van der Waals surface area (Å²) in [4.78, 5) is 0. The van der Waals surface area contributed by atoms with Crippen LogP contribution >= 0.6 is 23.2 Å². The molecule has 0 aliphatic heterocycles. The van der Waals surface area contributed by atoms with Gasteiger partial charge in [-0.15, -0.1) is 0 Å². The fourth-order valence-electron chi connectivity index (χ4n) is 2.00. The molecule has 5 heteroatoms. The van der Waals surface area contributed by atoms with Gasteiger partial charge < -0.3 is 10.1 Å². The lowest BCUT2D eigenvalue weighted by atomic mass is 10.2. The van der Waals surface area contributed by atoms with E-state index in [1.807, 2.05) is 6.07 Å². The lowest BCUT2D eigenvalue weighted by Crippen LogP contribution is -2.15. The summed E-state index contributed by atoms with van der Waals surface area (Å²) in [5.74, 6) is 0.167. The van der Waals surface area contributed by atoms with Crippen molar-refractivity contribution in [2.45, 2.75) is 25.4 Å². The molecule has 0 radical (unpaired) electrons. The van der Waals surface area contributed by atoms with E-state index in [9.17, 15) is 4.39 Å². The van der Waals surface area contributed by atoms with Crippen LogP contribution in [0.25, 0.3) is 0 Å². The smallest absolute Gasteiger partial charge is 0.166 e. The highest BCUT2D eigenvalue weighted by Crippen LogP contribution is 2.30. The summed E-state index contributed by atoms with van der Waals surface area (Å²) in [6.07, 6.45) is 2.42. The van der Waals surface area contributed by atoms with Crippen molar-refractivity contribution < 1.29 is 9.13 Å². The zero-order valence-electron chi connectivity index (χ0n) is 11.2. The number of hydrogen-bond acceptors (Lipinski definition) is 2. The predicted molar refractivity (Wildman–Crippen MR) is 82.8 cm³/mol. The minimum atomic E-state index is -0.402. The first-order chi connectivity index (χ1) is 10.1. The van der Waals surface area contributed by atoms with Crippen molar-refractivity contribution in [2.24, 2.45) is 0 Å². The maximum absolute atomic E-state index is 14.1. The highest BCUT2D eigenvalue weighted by molar-refractivity contribution is 6.34. The van der Waals surface area contributed by atoms with Crippen LogP contribution in [-0.4, -0.2) is 6.04 Å². The number of rotatable bonds is 5. The average Bonchev–Trinajstić information content (AvgIpc) is 3.22. The first-order valence-corrected chi connectivity index (χ1v) is 7.51. The number of halogens is 3. The molecule has 0 bridgehead atoms. The lowest BCUT2D eigenvalue weighted by Gasteiger charge is -2.09. The van der Waals surface area contributed by atoms with Gasteiger partial charge in [-0.2, -0.15) is 0 Å². The van der Waals surface area contributed by atoms with E-state index in [-0.39, 0.29) is 5.75 Å². The molecule has 0 atom stereocenters. The molecule has 0 spiro atoms. The molecule has 2 aromatic rings. The van der Waals surface area contributed by atoms with Gasteiger partial charge in [0.1, 0.15) is 5.75 Å². The van der Waals surface area contributed by atoms with Crippen molar-refractivity contribution >= 4 is 23.2 Å². The molecule has 1 aliphatic rings. The minimum Gasteiger partial charge on any atom is -0.454 e. The SMILES string of the molecule is Fc1cc(CNC2CC2)ccc1Oc1cc(Cl)cc(Cl)c1. The van der Waals surface area contributed by atoms with E-state index in [1.165, 1.54) is 18.9 Å². The fourth-order valence-corrected chi connectivity index (χ4v) is 2.51. The van der Waals surface area contributed by atoms with E-state index < -0.39 is 5.82 Å². The van der Waals surface area contributed by atoms with Gasteiger partial charge >= 0.3 is 0 Å². The molecule has 1 aliphatic carbocycles. The monoisotopic (exact) mass is 325 g/mol. The Morgan fingerprint density at radius 1 is 1.10 bits per heavy atom. The molecule has 110 valence electrons. The molecule has 0 saturated heterocycles. The molecule has 0 amide bonds. The number of benzene rings is 2. The molecule has 21 heavy (non-hydrogen) atoms. The van der Waals surface area contributed by atoms with Gasteiger partial charge in [0.05, 0.1) is 0 Å². The van der Waals surface area contributed by atoms with Crippen LogP contribution in [0.2, 0.25) is 10.0 Å². The summed E-state index contributed by atoms with van der Waals surface area (Å²) in [5, 5.41) is 4.24. The first-order valence-electron chi connectivity index (χ1n) is 6.76. The van der Waals surface area contributed by atoms with Crippen LogP contribution in [0.5, 0.6) is 11.5 Å². The zero-order chi connectivity index (χ0) is 14.8. The van der Waals surface area contributed by atoms with Crippen LogP contribution in [-0.2, 0) is 6.54 Å². The molecule has 0 heterocycles. The van der Waals surface area contributed by atoms with E-state index in [4.69, 9.17) is 27.9 Å². The lowest BCUT2D eigenvalue weighted by molar-refractivity contribution is 0.441. The number of nitrogens with one attached hydrogen (secondary N) is 1. The van der Waals surface area contributed by atoms with E-state index in [1.54, 1.807) is 24.3 Å². The Balaban J connectivity index is 1.72. The first kappa shape index (κ1) is 14.6. The molecular weight excluding hydrogens is 312 g/mol. The summed E-state index contributed by atoms with van der Waals surface area (Å²) < 4.78 is 19.6. The third kappa shape index (κ3) is 4.10. The van der Waals surface area contributed by atoms with E-state index in [0.717, 1.165) is 5.56 Å². The van der Waals surface area contributed by atoms with Gasteiger partial charge in [0.25, 0.3) is 0 Å². The Kier molecular flexibility index (Phi) is 4.34. The Hall–Kier alpha value is -1.29. The molecule has 2 aromatic carbocycles. The third-order valence-electron chi connectivity index (χ3n) is 3.23. The minimum absolute atomic E-state index is 0.156. The highest BCUT2D eigenvalue weighted by Gasteiger charge is 2.20. The number of hydrogen-bond donors (Lipinski definition) is 1. The second kappa shape index (κ2) is 6.22. The van der Waals surface area contributed by atoms with Gasteiger partial charge in [0.2, 0.25) is 0 Å². The van der Waals surface area contributed by atoms with Crippen molar-refractivity contribution in [1.29, 1.82) is 0 Å². The normalized spacial score (nSPS) is 14.2. The van der Waals surface area contributed by atoms with Crippen LogP contribution in [0.1, 0.15) is 18.4 Å². The van der Waals surface area contributed by atoms with Gasteiger partial charge in [-0.3, -0.25) is 0 Å².